The van der Waals surface area contributed by atoms with Crippen LogP contribution in [0, 0.1) is 0 Å². The third kappa shape index (κ3) is 2.31. The molecule has 0 unspecified atom stereocenters. The van der Waals surface area contributed by atoms with Crippen LogP contribution in [0.5, 0.6) is 0 Å². The molecule has 0 radical (unpaired) electrons. The molecule has 1 aromatic heterocycles. The number of nitrogens with zero attached hydrogens (tertiary/aromatic N) is 1. The SMILES string of the molecule is CC(=O)c1ccc(S(=O)(=O)c2ccccc2)nc1. The van der Waals surface area contributed by atoms with Crippen LogP contribution < -0.4 is 0 Å². The summed E-state index contributed by atoms with van der Waals surface area (Å²) in [4.78, 5) is 15.1. The minimum absolute atomic E-state index is 0.0568. The number of carbonyl (C=O) groups is 1. The van der Waals surface area contributed by atoms with Gasteiger partial charge in [0.15, 0.2) is 10.8 Å². The average molecular weight is 261 g/mol. The zero-order valence-electron chi connectivity index (χ0n) is 9.70. The lowest BCUT2D eigenvalue weighted by atomic mass is 10.2. The van der Waals surface area contributed by atoms with E-state index in [2.05, 4.69) is 4.98 Å². The quantitative estimate of drug-likeness (QED) is 0.794. The van der Waals surface area contributed by atoms with Gasteiger partial charge in [-0.15, -0.1) is 0 Å². The maximum absolute atomic E-state index is 12.2. The first-order valence-corrected chi connectivity index (χ1v) is 6.77. The number of aromatic nitrogens is 1. The molecule has 2 rings (SSSR count). The number of pyridine rings is 1. The average Bonchev–Trinajstić information content (AvgIpc) is 2.40. The predicted molar refractivity (Wildman–Crippen MR) is 66.1 cm³/mol. The van der Waals surface area contributed by atoms with E-state index >= 15 is 0 Å². The molecule has 1 aromatic carbocycles. The molecule has 0 aliphatic rings. The largest absolute Gasteiger partial charge is 0.294 e. The lowest BCUT2D eigenvalue weighted by Gasteiger charge is -2.03. The first kappa shape index (κ1) is 12.4. The van der Waals surface area contributed by atoms with Crippen molar-refractivity contribution in [2.24, 2.45) is 0 Å². The van der Waals surface area contributed by atoms with E-state index in [0.717, 1.165) is 0 Å². The molecule has 0 amide bonds. The topological polar surface area (TPSA) is 64.1 Å². The van der Waals surface area contributed by atoms with Gasteiger partial charge in [0, 0.05) is 11.8 Å². The summed E-state index contributed by atoms with van der Waals surface area (Å²) in [5, 5.41) is -0.0568. The number of rotatable bonds is 3. The Morgan fingerprint density at radius 2 is 1.72 bits per heavy atom. The van der Waals surface area contributed by atoms with Crippen LogP contribution in [0.1, 0.15) is 17.3 Å². The van der Waals surface area contributed by atoms with E-state index in [1.165, 1.54) is 37.4 Å². The van der Waals surface area contributed by atoms with Crippen LogP contribution in [-0.2, 0) is 9.84 Å². The lowest BCUT2D eigenvalue weighted by Crippen LogP contribution is -2.05. The fourth-order valence-corrected chi connectivity index (χ4v) is 2.66. The maximum atomic E-state index is 12.2. The van der Waals surface area contributed by atoms with Gasteiger partial charge in [0.2, 0.25) is 9.84 Å². The smallest absolute Gasteiger partial charge is 0.223 e. The lowest BCUT2D eigenvalue weighted by molar-refractivity contribution is 0.101. The second-order valence-electron chi connectivity index (χ2n) is 3.76. The van der Waals surface area contributed by atoms with Crippen molar-refractivity contribution in [1.82, 2.24) is 4.98 Å². The summed E-state index contributed by atoms with van der Waals surface area (Å²) in [6.45, 7) is 1.41. The molecule has 2 aromatic rings. The number of ketones is 1. The van der Waals surface area contributed by atoms with Gasteiger partial charge in [-0.05, 0) is 31.2 Å². The Bertz CT molecular complexity index is 661. The minimum Gasteiger partial charge on any atom is -0.294 e. The van der Waals surface area contributed by atoms with Gasteiger partial charge in [-0.2, -0.15) is 0 Å². The van der Waals surface area contributed by atoms with Gasteiger partial charge in [0.25, 0.3) is 0 Å². The van der Waals surface area contributed by atoms with Gasteiger partial charge >= 0.3 is 0 Å². The number of Topliss-reactive ketones (excluding diaryl/α,β-unsaturated/α-hetero) is 1. The molecule has 18 heavy (non-hydrogen) atoms. The fourth-order valence-electron chi connectivity index (χ4n) is 1.47. The van der Waals surface area contributed by atoms with Crippen LogP contribution in [0.15, 0.2) is 58.6 Å². The van der Waals surface area contributed by atoms with Crippen molar-refractivity contribution < 1.29 is 13.2 Å². The minimum atomic E-state index is -3.60. The molecular formula is C13H11NO3S. The van der Waals surface area contributed by atoms with Gasteiger partial charge in [0.05, 0.1) is 4.90 Å². The van der Waals surface area contributed by atoms with E-state index < -0.39 is 9.84 Å². The summed E-state index contributed by atoms with van der Waals surface area (Å²) < 4.78 is 24.3. The Hall–Kier alpha value is -2.01. The highest BCUT2D eigenvalue weighted by molar-refractivity contribution is 7.91. The number of benzene rings is 1. The zero-order valence-corrected chi connectivity index (χ0v) is 10.5. The van der Waals surface area contributed by atoms with Crippen molar-refractivity contribution >= 4 is 15.6 Å². The molecule has 0 saturated carbocycles. The highest BCUT2D eigenvalue weighted by atomic mass is 32.2. The number of hydrogen-bond donors (Lipinski definition) is 0. The first-order valence-electron chi connectivity index (χ1n) is 5.29. The molecule has 92 valence electrons. The standard InChI is InChI=1S/C13H11NO3S/c1-10(15)11-7-8-13(14-9-11)18(16,17)12-5-3-2-4-6-12/h2-9H,1H3. The van der Waals surface area contributed by atoms with Crippen LogP contribution in [-0.4, -0.2) is 19.2 Å². The molecule has 4 nitrogen and oxygen atoms in total. The maximum Gasteiger partial charge on any atom is 0.223 e. The van der Waals surface area contributed by atoms with Gasteiger partial charge in [-0.1, -0.05) is 18.2 Å². The molecule has 0 N–H and O–H groups in total. The van der Waals surface area contributed by atoms with E-state index in [0.29, 0.717) is 5.56 Å². The fraction of sp³-hybridized carbons (Fsp3) is 0.0769. The molecule has 5 heteroatoms. The number of carbonyl (C=O) groups excluding carboxylic acids is 1. The Morgan fingerprint density at radius 3 is 2.22 bits per heavy atom. The van der Waals surface area contributed by atoms with E-state index in [1.54, 1.807) is 18.2 Å². The Balaban J connectivity index is 2.46. The van der Waals surface area contributed by atoms with Crippen molar-refractivity contribution in [2.45, 2.75) is 16.8 Å². The van der Waals surface area contributed by atoms with Crippen molar-refractivity contribution in [3.63, 3.8) is 0 Å². The summed E-state index contributed by atoms with van der Waals surface area (Å²) in [5.41, 5.74) is 0.391. The normalized spacial score (nSPS) is 11.2. The second-order valence-corrected chi connectivity index (χ2v) is 5.65. The summed E-state index contributed by atoms with van der Waals surface area (Å²) in [6, 6.07) is 10.9. The molecule has 0 atom stereocenters. The van der Waals surface area contributed by atoms with Crippen molar-refractivity contribution in [2.75, 3.05) is 0 Å². The van der Waals surface area contributed by atoms with E-state index in [1.807, 2.05) is 0 Å². The molecule has 0 fully saturated rings. The highest BCUT2D eigenvalue weighted by Gasteiger charge is 2.18. The molecular weight excluding hydrogens is 250 g/mol. The van der Waals surface area contributed by atoms with E-state index in [-0.39, 0.29) is 15.7 Å². The van der Waals surface area contributed by atoms with Crippen molar-refractivity contribution in [3.05, 3.63) is 54.2 Å². The summed E-state index contributed by atoms with van der Waals surface area (Å²) >= 11 is 0. The van der Waals surface area contributed by atoms with Crippen LogP contribution in [0.3, 0.4) is 0 Å². The van der Waals surface area contributed by atoms with Crippen molar-refractivity contribution in [1.29, 1.82) is 0 Å². The Labute approximate surface area is 105 Å². The number of hydrogen-bond acceptors (Lipinski definition) is 4. The van der Waals surface area contributed by atoms with Crippen molar-refractivity contribution in [3.8, 4) is 0 Å². The summed E-state index contributed by atoms with van der Waals surface area (Å²) in [5.74, 6) is -0.147. The van der Waals surface area contributed by atoms with Crippen LogP contribution in [0.2, 0.25) is 0 Å². The second kappa shape index (κ2) is 4.70. The van der Waals surface area contributed by atoms with Gasteiger partial charge in [-0.3, -0.25) is 4.79 Å². The zero-order chi connectivity index (χ0) is 13.2. The predicted octanol–water partition coefficient (Wildman–Crippen LogP) is 2.12. The Kier molecular flexibility index (Phi) is 3.25. The van der Waals surface area contributed by atoms with E-state index in [9.17, 15) is 13.2 Å². The first-order chi connectivity index (χ1) is 8.51. The summed E-state index contributed by atoms with van der Waals surface area (Å²) in [7, 11) is -3.60. The number of sulfone groups is 1. The van der Waals surface area contributed by atoms with Crippen LogP contribution in [0.25, 0.3) is 0 Å². The molecule has 0 bridgehead atoms. The molecule has 1 heterocycles. The third-order valence-corrected chi connectivity index (χ3v) is 4.16. The Morgan fingerprint density at radius 1 is 1.06 bits per heavy atom. The third-order valence-electron chi connectivity index (χ3n) is 2.47. The summed E-state index contributed by atoms with van der Waals surface area (Å²) in [6.07, 6.45) is 1.28. The van der Waals surface area contributed by atoms with Gasteiger partial charge in [-0.25, -0.2) is 13.4 Å². The van der Waals surface area contributed by atoms with E-state index in [4.69, 9.17) is 0 Å². The monoisotopic (exact) mass is 261 g/mol. The molecule has 0 saturated heterocycles. The van der Waals surface area contributed by atoms with Gasteiger partial charge < -0.3 is 0 Å². The highest BCUT2D eigenvalue weighted by Crippen LogP contribution is 2.18. The van der Waals surface area contributed by atoms with Crippen LogP contribution in [0.4, 0.5) is 0 Å². The van der Waals surface area contributed by atoms with Gasteiger partial charge in [0.1, 0.15) is 0 Å². The molecule has 0 aliphatic heterocycles. The molecule has 0 spiro atoms. The molecule has 0 aliphatic carbocycles. The van der Waals surface area contributed by atoms with Crippen LogP contribution >= 0.6 is 0 Å².